The molecular formula is C52H46Cl4N8O8S4. The molecule has 24 heteroatoms. The van der Waals surface area contributed by atoms with Crippen LogP contribution in [0.5, 0.6) is 0 Å². The van der Waals surface area contributed by atoms with Crippen molar-refractivity contribution >= 4 is 133 Å². The third-order valence-corrected chi connectivity index (χ3v) is 19.7. The van der Waals surface area contributed by atoms with E-state index in [1.165, 1.54) is 72.8 Å². The highest BCUT2D eigenvalue weighted by molar-refractivity contribution is 7.90. The third kappa shape index (κ3) is 10.7. The summed E-state index contributed by atoms with van der Waals surface area (Å²) in [5, 5.41) is 0.623. The van der Waals surface area contributed by atoms with E-state index < -0.39 is 40.1 Å². The minimum absolute atomic E-state index is 0.0909. The van der Waals surface area contributed by atoms with Crippen molar-refractivity contribution in [2.24, 2.45) is 0 Å². The summed E-state index contributed by atoms with van der Waals surface area (Å²) in [6, 6.07) is 24.0. The lowest BCUT2D eigenvalue weighted by atomic mass is 10.0. The zero-order valence-electron chi connectivity index (χ0n) is 40.7. The van der Waals surface area contributed by atoms with E-state index in [1.807, 2.05) is 0 Å². The Balaban J connectivity index is 1.52. The second-order valence-electron chi connectivity index (χ2n) is 17.1. The molecule has 5 heterocycles. The number of halogens is 4. The highest BCUT2D eigenvalue weighted by Gasteiger charge is 2.26. The van der Waals surface area contributed by atoms with Crippen molar-refractivity contribution in [2.75, 3.05) is 26.2 Å². The van der Waals surface area contributed by atoms with Crippen LogP contribution in [0.25, 0.3) is 90.9 Å². The molecule has 16 nitrogen and oxygen atoms in total. The van der Waals surface area contributed by atoms with Crippen molar-refractivity contribution in [1.29, 1.82) is 0 Å². The summed E-state index contributed by atoms with van der Waals surface area (Å²) in [6.07, 6.45) is 6.77. The SMILES string of the molecule is CCNS(=O)(=O)c1ccc(Cl)c(-c2c3nc(c(-c4cc(S(=O)(=O)NCC)ccc4Cl)c4ccc([nH]4)c(-c4cc(S(=O)(=O)NCC)ccc4Cl)c4nc(c(-c5cc(S(=O)(=O)NCC)ccc5Cl)c5ccc2[nH]5)C=C4)C=C3)c1. The average molecular weight is 1180 g/mol. The van der Waals surface area contributed by atoms with Crippen LogP contribution in [0.2, 0.25) is 20.1 Å². The second kappa shape index (κ2) is 21.6. The van der Waals surface area contributed by atoms with E-state index in [-0.39, 0.29) is 111 Å². The molecule has 0 aliphatic carbocycles. The number of rotatable bonds is 16. The summed E-state index contributed by atoms with van der Waals surface area (Å²) in [5.74, 6) is 0. The molecule has 6 N–H and O–H groups in total. The van der Waals surface area contributed by atoms with Gasteiger partial charge in [0.1, 0.15) is 0 Å². The molecule has 0 unspecified atom stereocenters. The van der Waals surface area contributed by atoms with E-state index in [9.17, 15) is 33.7 Å². The predicted octanol–water partition coefficient (Wildman–Crippen LogP) is 11.1. The van der Waals surface area contributed by atoms with Crippen LogP contribution in [0.3, 0.4) is 0 Å². The Kier molecular flexibility index (Phi) is 15.6. The molecular weight excluding hydrogens is 1130 g/mol. The standard InChI is InChI=1S/C52H46Cl4N8O8S4/c1-5-57-73(65,66)29-9-13-37(53)33(25-29)49-41-17-19-43(61-41)50(34-26-30(10-14-38(34)54)74(67,68)58-6-2)45-21-23-47(63-45)52(36-28-32(12-16-40(36)56)76(71,72)60-8-4)48-24-22-46(64-48)51(44-20-18-42(49)62-44)35-27-31(11-15-39(35)55)75(69,70)59-7-3/h9-28,57-61,64H,5-8H2,1-4H3. The molecule has 3 aromatic heterocycles. The molecule has 0 radical (unpaired) electrons. The van der Waals surface area contributed by atoms with Gasteiger partial charge in [0.15, 0.2) is 0 Å². The molecule has 2 aliphatic heterocycles. The number of hydrogen-bond acceptors (Lipinski definition) is 10. The lowest BCUT2D eigenvalue weighted by Gasteiger charge is -2.12. The van der Waals surface area contributed by atoms with Gasteiger partial charge in [-0.05, 0) is 121 Å². The Morgan fingerprint density at radius 1 is 0.355 bits per heavy atom. The Labute approximate surface area is 459 Å². The maximum atomic E-state index is 13.6. The summed E-state index contributed by atoms with van der Waals surface area (Å²) < 4.78 is 119. The minimum Gasteiger partial charge on any atom is -0.354 e. The van der Waals surface area contributed by atoms with Crippen molar-refractivity contribution in [3.05, 3.63) is 140 Å². The van der Waals surface area contributed by atoms with Crippen LogP contribution in [0, 0.1) is 0 Å². The fraction of sp³-hybridized carbons (Fsp3) is 0.154. The van der Waals surface area contributed by atoms with Gasteiger partial charge in [-0.15, -0.1) is 0 Å². The van der Waals surface area contributed by atoms with Gasteiger partial charge in [-0.1, -0.05) is 74.1 Å². The molecule has 0 fully saturated rings. The molecule has 0 saturated carbocycles. The van der Waals surface area contributed by atoms with Crippen LogP contribution in [-0.4, -0.2) is 79.8 Å². The molecule has 76 heavy (non-hydrogen) atoms. The van der Waals surface area contributed by atoms with Gasteiger partial charge < -0.3 is 9.97 Å². The van der Waals surface area contributed by atoms with Gasteiger partial charge in [-0.25, -0.2) is 62.5 Å². The zero-order valence-corrected chi connectivity index (χ0v) is 47.0. The number of benzene rings is 4. The lowest BCUT2D eigenvalue weighted by molar-refractivity contribution is 0.582. The number of sulfonamides is 4. The number of nitrogens with one attached hydrogen (secondary N) is 6. The summed E-state index contributed by atoms with van der Waals surface area (Å²) >= 11 is 28.2. The Morgan fingerprint density at radius 2 is 0.566 bits per heavy atom. The number of hydrogen-bond donors (Lipinski definition) is 6. The number of nitrogens with zero attached hydrogens (tertiary/aromatic N) is 2. The van der Waals surface area contributed by atoms with E-state index in [4.69, 9.17) is 56.4 Å². The second-order valence-corrected chi connectivity index (χ2v) is 25.8. The van der Waals surface area contributed by atoms with Crippen LogP contribution >= 0.6 is 46.4 Å². The van der Waals surface area contributed by atoms with Crippen molar-refractivity contribution < 1.29 is 33.7 Å². The monoisotopic (exact) mass is 1180 g/mol. The average Bonchev–Trinajstić information content (AvgIpc) is 4.23. The molecule has 0 atom stereocenters. The first kappa shape index (κ1) is 55.0. The van der Waals surface area contributed by atoms with E-state index in [2.05, 4.69) is 28.9 Å². The maximum Gasteiger partial charge on any atom is 0.240 e. The van der Waals surface area contributed by atoms with Crippen LogP contribution < -0.4 is 18.9 Å². The van der Waals surface area contributed by atoms with Gasteiger partial charge in [0.05, 0.1) is 42.4 Å². The Bertz CT molecular complexity index is 3730. The van der Waals surface area contributed by atoms with Gasteiger partial charge >= 0.3 is 0 Å². The van der Waals surface area contributed by atoms with Gasteiger partial charge in [-0.2, -0.15) is 0 Å². The highest BCUT2D eigenvalue weighted by atomic mass is 35.5. The molecule has 8 bridgehead atoms. The summed E-state index contributed by atoms with van der Waals surface area (Å²) in [6.45, 7) is 7.04. The molecule has 0 spiro atoms. The number of aromatic nitrogens is 4. The maximum absolute atomic E-state index is 13.6. The van der Waals surface area contributed by atoms with Crippen molar-refractivity contribution in [3.8, 4) is 44.5 Å². The van der Waals surface area contributed by atoms with E-state index in [0.29, 0.717) is 44.3 Å². The molecule has 2 aliphatic rings. The minimum atomic E-state index is -4.04. The fourth-order valence-corrected chi connectivity index (χ4v) is 14.0. The van der Waals surface area contributed by atoms with Gasteiger partial charge in [0.2, 0.25) is 40.1 Å². The van der Waals surface area contributed by atoms with Crippen molar-refractivity contribution in [1.82, 2.24) is 38.8 Å². The third-order valence-electron chi connectivity index (χ3n) is 12.2. The van der Waals surface area contributed by atoms with Crippen LogP contribution in [-0.2, 0) is 40.1 Å². The first-order valence-corrected chi connectivity index (χ1v) is 30.9. The molecule has 7 aromatic rings. The van der Waals surface area contributed by atoms with Gasteiger partial charge in [0.25, 0.3) is 0 Å². The quantitative estimate of drug-likeness (QED) is 0.0534. The van der Waals surface area contributed by atoms with Crippen molar-refractivity contribution in [2.45, 2.75) is 47.3 Å². The summed E-state index contributed by atoms with van der Waals surface area (Å²) in [7, 11) is -16.2. The summed E-state index contributed by atoms with van der Waals surface area (Å²) in [4.78, 5) is 17.0. The van der Waals surface area contributed by atoms with Gasteiger partial charge in [-0.3, -0.25) is 0 Å². The van der Waals surface area contributed by atoms with E-state index in [1.54, 1.807) is 76.3 Å². The number of fused-ring (bicyclic) bond motifs is 8. The van der Waals surface area contributed by atoms with Crippen LogP contribution in [0.1, 0.15) is 50.5 Å². The first-order valence-electron chi connectivity index (χ1n) is 23.5. The highest BCUT2D eigenvalue weighted by Crippen LogP contribution is 2.44. The lowest BCUT2D eigenvalue weighted by Crippen LogP contribution is -2.23. The molecule has 0 saturated heterocycles. The molecule has 4 aromatic carbocycles. The number of aromatic amines is 2. The van der Waals surface area contributed by atoms with Crippen LogP contribution in [0.15, 0.2) is 117 Å². The van der Waals surface area contributed by atoms with Crippen LogP contribution in [0.4, 0.5) is 0 Å². The molecule has 9 rings (SSSR count). The molecule has 0 amide bonds. The first-order chi connectivity index (χ1) is 36.1. The van der Waals surface area contributed by atoms with Crippen molar-refractivity contribution in [3.63, 3.8) is 0 Å². The van der Waals surface area contributed by atoms with E-state index in [0.717, 1.165) is 0 Å². The topological polar surface area (TPSA) is 242 Å². The normalized spacial score (nSPS) is 12.9. The Morgan fingerprint density at radius 3 is 0.763 bits per heavy atom. The van der Waals surface area contributed by atoms with Gasteiger partial charge in [0, 0.05) is 113 Å². The smallest absolute Gasteiger partial charge is 0.240 e. The zero-order chi connectivity index (χ0) is 54.5. The Hall–Kier alpha value is -5.72. The fourth-order valence-electron chi connectivity index (χ4n) is 8.88. The van der Waals surface area contributed by atoms with E-state index >= 15 is 0 Å². The number of H-pyrrole nitrogens is 2. The summed E-state index contributed by atoms with van der Waals surface area (Å²) in [5.41, 5.74) is 4.86. The largest absolute Gasteiger partial charge is 0.354 e. The predicted molar refractivity (Wildman–Crippen MR) is 304 cm³/mol. The molecule has 394 valence electrons.